The zero-order valence-corrected chi connectivity index (χ0v) is 17.6. The summed E-state index contributed by atoms with van der Waals surface area (Å²) in [6.45, 7) is 1.90. The zero-order chi connectivity index (χ0) is 19.0. The average molecular weight is 448 g/mol. The van der Waals surface area contributed by atoms with Crippen LogP contribution in [0.25, 0.3) is 0 Å². The molecule has 5 nitrogen and oxygen atoms in total. The molecule has 0 spiro atoms. The molecule has 1 aliphatic heterocycles. The van der Waals surface area contributed by atoms with E-state index in [1.54, 1.807) is 11.1 Å². The monoisotopic (exact) mass is 447 g/mol. The van der Waals surface area contributed by atoms with Gasteiger partial charge < -0.3 is 0 Å². The van der Waals surface area contributed by atoms with Gasteiger partial charge in [0.15, 0.2) is 5.13 Å². The first kappa shape index (κ1) is 18.6. The van der Waals surface area contributed by atoms with Crippen LogP contribution in [0.15, 0.2) is 34.2 Å². The van der Waals surface area contributed by atoms with E-state index in [2.05, 4.69) is 26.2 Å². The number of halogens is 1. The highest BCUT2D eigenvalue weighted by molar-refractivity contribution is 9.10. The minimum atomic E-state index is -0.941. The molecule has 2 amide bonds. The normalized spacial score (nSPS) is 19.2. The van der Waals surface area contributed by atoms with Gasteiger partial charge in [-0.2, -0.15) is 0 Å². The summed E-state index contributed by atoms with van der Waals surface area (Å²) in [5.41, 5.74) is 0.871. The topological polar surface area (TPSA) is 62.3 Å². The summed E-state index contributed by atoms with van der Waals surface area (Å²) in [5, 5.41) is 5.34. The van der Waals surface area contributed by atoms with Crippen LogP contribution in [0.1, 0.15) is 44.6 Å². The molecule has 1 aliphatic carbocycles. The maximum Gasteiger partial charge on any atom is 0.252 e. The second-order valence-electron chi connectivity index (χ2n) is 7.60. The van der Waals surface area contributed by atoms with Crippen LogP contribution in [0.2, 0.25) is 0 Å². The van der Waals surface area contributed by atoms with Crippen molar-refractivity contribution in [3.05, 3.63) is 39.8 Å². The highest BCUT2D eigenvalue weighted by Crippen LogP contribution is 2.42. The molecule has 7 heteroatoms. The van der Waals surface area contributed by atoms with Crippen molar-refractivity contribution in [3.63, 3.8) is 0 Å². The van der Waals surface area contributed by atoms with Gasteiger partial charge in [0.2, 0.25) is 5.91 Å². The molecule has 2 aromatic rings. The molecule has 0 bridgehead atoms. The lowest BCUT2D eigenvalue weighted by molar-refractivity contribution is -0.126. The van der Waals surface area contributed by atoms with Gasteiger partial charge in [-0.1, -0.05) is 47.7 Å². The number of carbonyl (C=O) groups excluding carboxylic acids is 2. The summed E-state index contributed by atoms with van der Waals surface area (Å²) in [4.78, 5) is 32.3. The first-order chi connectivity index (χ1) is 13.0. The van der Waals surface area contributed by atoms with Crippen molar-refractivity contribution in [1.82, 2.24) is 4.98 Å². The number of hydrogen-bond donors (Lipinski definition) is 1. The van der Waals surface area contributed by atoms with E-state index in [0.717, 1.165) is 28.6 Å². The van der Waals surface area contributed by atoms with E-state index in [4.69, 9.17) is 0 Å². The SMILES string of the molecule is CC(CC1CCCC1)(C(=O)Nc1nccs1)N1C(=O)Cc2ccc(Br)cc21. The number of amides is 2. The molecule has 2 heterocycles. The summed E-state index contributed by atoms with van der Waals surface area (Å²) < 4.78 is 0.907. The summed E-state index contributed by atoms with van der Waals surface area (Å²) in [6, 6.07) is 5.86. The maximum absolute atomic E-state index is 13.4. The lowest BCUT2D eigenvalue weighted by Gasteiger charge is -2.39. The lowest BCUT2D eigenvalue weighted by atomic mass is 9.85. The summed E-state index contributed by atoms with van der Waals surface area (Å²) >= 11 is 4.89. The quantitative estimate of drug-likeness (QED) is 0.717. The second kappa shape index (κ2) is 7.36. The number of hydrogen-bond acceptors (Lipinski definition) is 4. The highest BCUT2D eigenvalue weighted by Gasteiger charge is 2.48. The number of carbonyl (C=O) groups is 2. The Labute approximate surface area is 171 Å². The minimum Gasteiger partial charge on any atom is -0.300 e. The molecule has 1 unspecified atom stereocenters. The number of rotatable bonds is 5. The summed E-state index contributed by atoms with van der Waals surface area (Å²) in [7, 11) is 0. The third-order valence-corrected chi connectivity index (χ3v) is 6.86. The fourth-order valence-corrected chi connectivity index (χ4v) is 5.26. The van der Waals surface area contributed by atoms with E-state index in [1.807, 2.05) is 30.5 Å². The van der Waals surface area contributed by atoms with Crippen molar-refractivity contribution in [3.8, 4) is 0 Å². The number of nitrogens with one attached hydrogen (secondary N) is 1. The van der Waals surface area contributed by atoms with Crippen molar-refractivity contribution in [1.29, 1.82) is 0 Å². The van der Waals surface area contributed by atoms with Gasteiger partial charge in [-0.15, -0.1) is 11.3 Å². The Morgan fingerprint density at radius 1 is 1.41 bits per heavy atom. The van der Waals surface area contributed by atoms with E-state index < -0.39 is 5.54 Å². The highest BCUT2D eigenvalue weighted by atomic mass is 79.9. The first-order valence-corrected chi connectivity index (χ1v) is 11.0. The Kier molecular flexibility index (Phi) is 5.07. The van der Waals surface area contributed by atoms with E-state index in [-0.39, 0.29) is 11.8 Å². The fourth-order valence-electron chi connectivity index (χ4n) is 4.39. The fraction of sp³-hybridized carbons (Fsp3) is 0.450. The third-order valence-electron chi connectivity index (χ3n) is 5.68. The van der Waals surface area contributed by atoms with Crippen molar-refractivity contribution in [2.45, 2.75) is 51.0 Å². The van der Waals surface area contributed by atoms with Crippen LogP contribution in [0, 0.1) is 5.92 Å². The Morgan fingerprint density at radius 3 is 2.89 bits per heavy atom. The van der Waals surface area contributed by atoms with Crippen molar-refractivity contribution < 1.29 is 9.59 Å². The second-order valence-corrected chi connectivity index (χ2v) is 9.41. The predicted molar refractivity (Wildman–Crippen MR) is 111 cm³/mol. The van der Waals surface area contributed by atoms with Gasteiger partial charge >= 0.3 is 0 Å². The van der Waals surface area contributed by atoms with Crippen LogP contribution in [0.3, 0.4) is 0 Å². The van der Waals surface area contributed by atoms with Gasteiger partial charge in [-0.3, -0.25) is 19.8 Å². The molecule has 142 valence electrons. The van der Waals surface area contributed by atoms with E-state index >= 15 is 0 Å². The van der Waals surface area contributed by atoms with E-state index in [1.165, 1.54) is 24.2 Å². The van der Waals surface area contributed by atoms with Gasteiger partial charge in [-0.05, 0) is 37.0 Å². The lowest BCUT2D eigenvalue weighted by Crippen LogP contribution is -2.57. The largest absolute Gasteiger partial charge is 0.300 e. The Bertz CT molecular complexity index is 864. The maximum atomic E-state index is 13.4. The molecule has 0 radical (unpaired) electrons. The predicted octanol–water partition coefficient (Wildman–Crippen LogP) is 4.77. The molecule has 1 aromatic carbocycles. The molecule has 2 aliphatic rings. The molecular weight excluding hydrogens is 426 g/mol. The number of benzene rings is 1. The van der Waals surface area contributed by atoms with Crippen LogP contribution >= 0.6 is 27.3 Å². The molecule has 1 atom stereocenters. The van der Waals surface area contributed by atoms with E-state index in [9.17, 15) is 9.59 Å². The molecule has 1 saturated carbocycles. The van der Waals surface area contributed by atoms with Crippen LogP contribution in [-0.2, 0) is 16.0 Å². The van der Waals surface area contributed by atoms with Gasteiger partial charge in [0.25, 0.3) is 5.91 Å². The third kappa shape index (κ3) is 3.55. The Balaban J connectivity index is 1.72. The van der Waals surface area contributed by atoms with Gasteiger partial charge in [-0.25, -0.2) is 4.98 Å². The molecule has 4 rings (SSSR count). The molecular formula is C20H22BrN3O2S. The molecule has 1 N–H and O–H groups in total. The van der Waals surface area contributed by atoms with Crippen molar-refractivity contribution in [2.24, 2.45) is 5.92 Å². The van der Waals surface area contributed by atoms with Gasteiger partial charge in [0.1, 0.15) is 5.54 Å². The Hall–Kier alpha value is -1.73. The molecule has 0 saturated heterocycles. The minimum absolute atomic E-state index is 0.0158. The zero-order valence-electron chi connectivity index (χ0n) is 15.2. The number of aromatic nitrogens is 1. The number of nitrogens with zero attached hydrogens (tertiary/aromatic N) is 2. The Morgan fingerprint density at radius 2 is 2.19 bits per heavy atom. The van der Waals surface area contributed by atoms with Crippen LogP contribution < -0.4 is 10.2 Å². The first-order valence-electron chi connectivity index (χ1n) is 9.30. The van der Waals surface area contributed by atoms with Gasteiger partial charge in [0.05, 0.1) is 6.42 Å². The standard InChI is InChI=1S/C20H22BrN3O2S/c1-20(12-13-4-2-3-5-13,18(26)23-19-22-8-9-27-19)24-16-11-15(21)7-6-14(16)10-17(24)25/h6-9,11,13H,2-5,10,12H2,1H3,(H,22,23,26). The van der Waals surface area contributed by atoms with Crippen LogP contribution in [0.5, 0.6) is 0 Å². The number of anilines is 2. The summed E-state index contributed by atoms with van der Waals surface area (Å²) in [5.74, 6) is 0.282. The number of thiazole rings is 1. The average Bonchev–Trinajstić information content (AvgIpc) is 3.35. The summed E-state index contributed by atoms with van der Waals surface area (Å²) in [6.07, 6.45) is 7.31. The van der Waals surface area contributed by atoms with E-state index in [0.29, 0.717) is 23.9 Å². The molecule has 27 heavy (non-hydrogen) atoms. The molecule has 1 aromatic heterocycles. The van der Waals surface area contributed by atoms with Crippen LogP contribution in [-0.4, -0.2) is 22.3 Å². The molecule has 1 fully saturated rings. The van der Waals surface area contributed by atoms with Crippen LogP contribution in [0.4, 0.5) is 10.8 Å². The smallest absolute Gasteiger partial charge is 0.252 e. The van der Waals surface area contributed by atoms with Gasteiger partial charge in [0, 0.05) is 21.7 Å². The van der Waals surface area contributed by atoms with Crippen molar-refractivity contribution in [2.75, 3.05) is 10.2 Å². The number of fused-ring (bicyclic) bond motifs is 1. The van der Waals surface area contributed by atoms with Crippen molar-refractivity contribution >= 4 is 49.9 Å².